The fraction of sp³-hybridized carbons (Fsp3) is 0.571. The van der Waals surface area contributed by atoms with Crippen LogP contribution in [-0.2, 0) is 9.59 Å². The molecule has 5 rings (SSSR count). The number of benzene rings is 1. The molecule has 9 heteroatoms. The standard InChI is InChI=1S/C28H32Cl2N4O3/c29-20-9-8-18-13-21(33-25(18)24(20)30)27(37)34-16-28(10-4-1-5-11-28)14-22(34)26(36)32-19(15-31)12-17-6-2-3-7-23(17)35/h8-9,13,17,19,22,33H,1-7,10-12,14,16H2,(H,32,36)/t17-,19-,22?/m0/s1. The van der Waals surface area contributed by atoms with Gasteiger partial charge in [-0.2, -0.15) is 5.26 Å². The fourth-order valence-electron chi connectivity index (χ4n) is 6.58. The Bertz CT molecular complexity index is 1260. The van der Waals surface area contributed by atoms with E-state index in [1.165, 1.54) is 6.42 Å². The maximum Gasteiger partial charge on any atom is 0.271 e. The molecule has 2 amide bonds. The zero-order chi connectivity index (χ0) is 26.2. The van der Waals surface area contributed by atoms with Gasteiger partial charge in [-0.3, -0.25) is 14.4 Å². The van der Waals surface area contributed by atoms with Gasteiger partial charge in [0.2, 0.25) is 5.91 Å². The molecule has 1 aliphatic heterocycles. The van der Waals surface area contributed by atoms with Crippen LogP contribution < -0.4 is 5.32 Å². The molecule has 3 fully saturated rings. The van der Waals surface area contributed by atoms with Gasteiger partial charge >= 0.3 is 0 Å². The first-order chi connectivity index (χ1) is 17.8. The highest BCUT2D eigenvalue weighted by atomic mass is 35.5. The van der Waals surface area contributed by atoms with Gasteiger partial charge in [-0.1, -0.05) is 55.0 Å². The van der Waals surface area contributed by atoms with Gasteiger partial charge in [0.1, 0.15) is 23.6 Å². The first-order valence-corrected chi connectivity index (χ1v) is 14.1. The number of likely N-dealkylation sites (tertiary alicyclic amines) is 1. The van der Waals surface area contributed by atoms with Crippen molar-refractivity contribution in [3.8, 4) is 6.07 Å². The summed E-state index contributed by atoms with van der Waals surface area (Å²) in [5.41, 5.74) is 0.853. The van der Waals surface area contributed by atoms with E-state index in [-0.39, 0.29) is 28.9 Å². The van der Waals surface area contributed by atoms with Crippen molar-refractivity contribution in [2.45, 2.75) is 82.7 Å². The molecule has 2 aliphatic carbocycles. The molecule has 1 spiro atoms. The highest BCUT2D eigenvalue weighted by Gasteiger charge is 2.49. The van der Waals surface area contributed by atoms with Crippen LogP contribution in [0.1, 0.15) is 81.1 Å². The van der Waals surface area contributed by atoms with Gasteiger partial charge in [-0.15, -0.1) is 0 Å². The quantitative estimate of drug-likeness (QED) is 0.497. The number of H-pyrrole nitrogens is 1. The predicted molar refractivity (Wildman–Crippen MR) is 142 cm³/mol. The van der Waals surface area contributed by atoms with Crippen molar-refractivity contribution in [1.82, 2.24) is 15.2 Å². The van der Waals surface area contributed by atoms with E-state index in [0.717, 1.165) is 50.3 Å². The largest absolute Gasteiger partial charge is 0.349 e. The monoisotopic (exact) mass is 542 g/mol. The molecular formula is C28H32Cl2N4O3. The highest BCUT2D eigenvalue weighted by Crippen LogP contribution is 2.47. The molecule has 1 saturated heterocycles. The summed E-state index contributed by atoms with van der Waals surface area (Å²) in [4.78, 5) is 44.5. The minimum atomic E-state index is -0.756. The second-order valence-corrected chi connectivity index (χ2v) is 11.8. The summed E-state index contributed by atoms with van der Waals surface area (Å²) in [5.74, 6) is -0.588. The molecule has 1 aromatic heterocycles. The van der Waals surface area contributed by atoms with Gasteiger partial charge in [0, 0.05) is 24.3 Å². The maximum atomic E-state index is 13.8. The van der Waals surface area contributed by atoms with Crippen LogP contribution in [0.2, 0.25) is 10.0 Å². The smallest absolute Gasteiger partial charge is 0.271 e. The van der Waals surface area contributed by atoms with Crippen molar-refractivity contribution in [3.63, 3.8) is 0 Å². The zero-order valence-corrected chi connectivity index (χ0v) is 22.3. The number of carbonyl (C=O) groups is 3. The van der Waals surface area contributed by atoms with Crippen molar-refractivity contribution in [2.75, 3.05) is 6.54 Å². The van der Waals surface area contributed by atoms with Gasteiger partial charge < -0.3 is 15.2 Å². The number of carbonyl (C=O) groups excluding carboxylic acids is 3. The molecule has 2 heterocycles. The van der Waals surface area contributed by atoms with Crippen LogP contribution in [0.4, 0.5) is 0 Å². The van der Waals surface area contributed by atoms with Crippen molar-refractivity contribution in [3.05, 3.63) is 33.9 Å². The average molecular weight is 543 g/mol. The second-order valence-electron chi connectivity index (χ2n) is 11.1. The minimum Gasteiger partial charge on any atom is -0.349 e. The van der Waals surface area contributed by atoms with Crippen molar-refractivity contribution in [2.24, 2.45) is 11.3 Å². The van der Waals surface area contributed by atoms with Gasteiger partial charge in [-0.25, -0.2) is 0 Å². The molecule has 1 aromatic carbocycles. The first-order valence-electron chi connectivity index (χ1n) is 13.3. The van der Waals surface area contributed by atoms with Crippen LogP contribution in [0.3, 0.4) is 0 Å². The predicted octanol–water partition coefficient (Wildman–Crippen LogP) is 5.80. The second kappa shape index (κ2) is 10.7. The molecule has 0 bridgehead atoms. The Hall–Kier alpha value is -2.56. The third kappa shape index (κ3) is 5.24. The van der Waals surface area contributed by atoms with Crippen LogP contribution in [0.15, 0.2) is 18.2 Å². The Labute approximate surface area is 226 Å². The molecule has 2 saturated carbocycles. The number of ketones is 1. The number of rotatable bonds is 5. The van der Waals surface area contributed by atoms with E-state index in [2.05, 4.69) is 16.4 Å². The summed E-state index contributed by atoms with van der Waals surface area (Å²) in [6.07, 6.45) is 9.37. The summed E-state index contributed by atoms with van der Waals surface area (Å²) in [7, 11) is 0. The number of fused-ring (bicyclic) bond motifs is 1. The average Bonchev–Trinajstić information content (AvgIpc) is 3.50. The Balaban J connectivity index is 1.38. The molecule has 3 aliphatic rings. The fourth-order valence-corrected chi connectivity index (χ4v) is 6.95. The molecule has 1 unspecified atom stereocenters. The number of nitrogens with zero attached hydrogens (tertiary/aromatic N) is 2. The van der Waals surface area contributed by atoms with Crippen LogP contribution in [0, 0.1) is 22.7 Å². The van der Waals surface area contributed by atoms with Gasteiger partial charge in [-0.05, 0) is 56.1 Å². The summed E-state index contributed by atoms with van der Waals surface area (Å²) in [6, 6.07) is 5.99. The Morgan fingerprint density at radius 3 is 2.70 bits per heavy atom. The molecule has 2 aromatic rings. The van der Waals surface area contributed by atoms with Crippen molar-refractivity contribution in [1.29, 1.82) is 5.26 Å². The molecular weight excluding hydrogens is 511 g/mol. The maximum absolute atomic E-state index is 13.8. The number of halogens is 2. The summed E-state index contributed by atoms with van der Waals surface area (Å²) in [6.45, 7) is 0.506. The van der Waals surface area contributed by atoms with Crippen molar-refractivity contribution < 1.29 is 14.4 Å². The van der Waals surface area contributed by atoms with Gasteiger partial charge in [0.05, 0.1) is 21.6 Å². The van der Waals surface area contributed by atoms with E-state index in [1.54, 1.807) is 23.1 Å². The van der Waals surface area contributed by atoms with Crippen LogP contribution in [-0.4, -0.2) is 46.1 Å². The summed E-state index contributed by atoms with van der Waals surface area (Å²) < 4.78 is 0. The van der Waals surface area contributed by atoms with Crippen LogP contribution in [0.5, 0.6) is 0 Å². The van der Waals surface area contributed by atoms with E-state index >= 15 is 0 Å². The number of hydrogen-bond donors (Lipinski definition) is 2. The number of Topliss-reactive ketones (excluding diaryl/α,β-unsaturated/α-hetero) is 1. The minimum absolute atomic E-state index is 0.0929. The zero-order valence-electron chi connectivity index (χ0n) is 20.8. The number of amides is 2. The molecule has 3 atom stereocenters. The van der Waals surface area contributed by atoms with Crippen LogP contribution in [0.25, 0.3) is 10.9 Å². The number of aromatic nitrogens is 1. The van der Waals surface area contributed by atoms with E-state index in [4.69, 9.17) is 23.2 Å². The topological polar surface area (TPSA) is 106 Å². The normalized spacial score (nSPS) is 24.2. The summed E-state index contributed by atoms with van der Waals surface area (Å²) >= 11 is 12.5. The van der Waals surface area contributed by atoms with Gasteiger partial charge in [0.25, 0.3) is 5.91 Å². The van der Waals surface area contributed by atoms with E-state index < -0.39 is 12.1 Å². The lowest BCUT2D eigenvalue weighted by molar-refractivity contribution is -0.127. The van der Waals surface area contributed by atoms with E-state index in [1.807, 2.05) is 0 Å². The Morgan fingerprint density at radius 1 is 1.19 bits per heavy atom. The van der Waals surface area contributed by atoms with E-state index in [0.29, 0.717) is 47.1 Å². The lowest BCUT2D eigenvalue weighted by Gasteiger charge is -2.32. The molecule has 37 heavy (non-hydrogen) atoms. The first kappa shape index (κ1) is 26.1. The lowest BCUT2D eigenvalue weighted by atomic mass is 9.72. The molecule has 196 valence electrons. The molecule has 7 nitrogen and oxygen atoms in total. The van der Waals surface area contributed by atoms with Crippen molar-refractivity contribution >= 4 is 51.7 Å². The van der Waals surface area contributed by atoms with Gasteiger partial charge in [0.15, 0.2) is 0 Å². The molecule has 0 radical (unpaired) electrons. The number of hydrogen-bond acceptors (Lipinski definition) is 4. The highest BCUT2D eigenvalue weighted by molar-refractivity contribution is 6.45. The number of nitriles is 1. The third-order valence-electron chi connectivity index (χ3n) is 8.58. The number of nitrogens with one attached hydrogen (secondary N) is 2. The van der Waals surface area contributed by atoms with E-state index in [9.17, 15) is 19.6 Å². The van der Waals surface area contributed by atoms with Crippen LogP contribution >= 0.6 is 23.2 Å². The number of aromatic amines is 1. The third-order valence-corrected chi connectivity index (χ3v) is 9.38. The summed E-state index contributed by atoms with van der Waals surface area (Å²) in [5, 5.41) is 14.2. The Morgan fingerprint density at radius 2 is 1.97 bits per heavy atom. The lowest BCUT2D eigenvalue weighted by Crippen LogP contribution is -2.49. The molecule has 2 N–H and O–H groups in total. The SMILES string of the molecule is N#C[C@H](C[C@@H]1CCCCC1=O)NC(=O)C1CC2(CCCCC2)CN1C(=O)c1cc2ccc(Cl)c(Cl)c2[nH]1. The Kier molecular flexibility index (Phi) is 7.51.